The van der Waals surface area contributed by atoms with Crippen molar-refractivity contribution in [1.82, 2.24) is 19.5 Å². The number of benzene rings is 8. The number of allylic oxidation sites excluding steroid dienone is 1. The Hall–Kier alpha value is -7.41. The van der Waals surface area contributed by atoms with Gasteiger partial charge in [0.15, 0.2) is 17.5 Å². The van der Waals surface area contributed by atoms with Crippen LogP contribution >= 0.6 is 11.3 Å². The molecular formula is C54H34N4OS. The third-order valence-corrected chi connectivity index (χ3v) is 13.6. The molecule has 5 nitrogen and oxygen atoms in total. The van der Waals surface area contributed by atoms with E-state index in [0.717, 1.165) is 45.0 Å². The van der Waals surface area contributed by atoms with Crippen molar-refractivity contribution >= 4 is 97.8 Å². The first-order valence-corrected chi connectivity index (χ1v) is 21.3. The van der Waals surface area contributed by atoms with Gasteiger partial charge in [-0.2, -0.15) is 0 Å². The van der Waals surface area contributed by atoms with E-state index in [9.17, 15) is 0 Å². The minimum atomic E-state index is 0.249. The first kappa shape index (κ1) is 33.6. The monoisotopic (exact) mass is 786 g/mol. The molecule has 282 valence electrons. The predicted molar refractivity (Wildman–Crippen MR) is 250 cm³/mol. The van der Waals surface area contributed by atoms with Crippen molar-refractivity contribution in [1.29, 1.82) is 0 Å². The number of rotatable bonds is 4. The molecule has 0 bridgehead atoms. The van der Waals surface area contributed by atoms with Gasteiger partial charge in [-0.05, 0) is 89.0 Å². The second kappa shape index (κ2) is 12.8. The summed E-state index contributed by atoms with van der Waals surface area (Å²) in [7, 11) is 0. The van der Waals surface area contributed by atoms with Crippen molar-refractivity contribution in [2.75, 3.05) is 0 Å². The lowest BCUT2D eigenvalue weighted by atomic mass is 9.85. The first-order chi connectivity index (χ1) is 29.6. The third kappa shape index (κ3) is 5.01. The minimum absolute atomic E-state index is 0.249. The van der Waals surface area contributed by atoms with Crippen LogP contribution in [0.3, 0.4) is 0 Å². The average Bonchev–Trinajstić information content (AvgIpc) is 3.97. The summed E-state index contributed by atoms with van der Waals surface area (Å²) in [5, 5.41) is 9.75. The molecule has 0 aliphatic heterocycles. The van der Waals surface area contributed by atoms with Gasteiger partial charge in [0.05, 0.1) is 16.6 Å². The van der Waals surface area contributed by atoms with Crippen LogP contribution in [0.5, 0.6) is 0 Å². The van der Waals surface area contributed by atoms with Gasteiger partial charge in [0.2, 0.25) is 0 Å². The molecule has 4 aromatic heterocycles. The molecule has 1 aliphatic rings. The fraction of sp³-hybridized carbons (Fsp3) is 0.0556. The molecule has 0 N–H and O–H groups in total. The van der Waals surface area contributed by atoms with E-state index in [1.165, 1.54) is 69.6 Å². The van der Waals surface area contributed by atoms with Gasteiger partial charge in [-0.1, -0.05) is 116 Å². The Kier molecular flexibility index (Phi) is 7.15. The zero-order valence-electron chi connectivity index (χ0n) is 32.6. The Morgan fingerprint density at radius 1 is 0.550 bits per heavy atom. The van der Waals surface area contributed by atoms with Gasteiger partial charge in [0.25, 0.3) is 0 Å². The molecule has 0 radical (unpaired) electrons. The summed E-state index contributed by atoms with van der Waals surface area (Å²) in [6, 6.07) is 58.2. The molecule has 4 heterocycles. The van der Waals surface area contributed by atoms with Crippen molar-refractivity contribution in [2.45, 2.75) is 13.3 Å². The molecule has 0 spiro atoms. The van der Waals surface area contributed by atoms with Gasteiger partial charge in [0, 0.05) is 64.5 Å². The van der Waals surface area contributed by atoms with Crippen molar-refractivity contribution in [3.63, 3.8) is 0 Å². The molecule has 0 saturated heterocycles. The van der Waals surface area contributed by atoms with Gasteiger partial charge in [0.1, 0.15) is 11.2 Å². The van der Waals surface area contributed by atoms with E-state index in [1.54, 1.807) is 0 Å². The van der Waals surface area contributed by atoms with Crippen molar-refractivity contribution in [2.24, 2.45) is 5.92 Å². The van der Waals surface area contributed by atoms with E-state index in [-0.39, 0.29) is 5.92 Å². The Bertz CT molecular complexity index is 3780. The predicted octanol–water partition coefficient (Wildman–Crippen LogP) is 14.6. The molecule has 13 rings (SSSR count). The fourth-order valence-electron chi connectivity index (χ4n) is 9.65. The van der Waals surface area contributed by atoms with Crippen LogP contribution in [0.25, 0.3) is 121 Å². The zero-order chi connectivity index (χ0) is 39.5. The van der Waals surface area contributed by atoms with E-state index in [1.807, 2.05) is 29.5 Å². The van der Waals surface area contributed by atoms with Gasteiger partial charge in [-0.3, -0.25) is 0 Å². The summed E-state index contributed by atoms with van der Waals surface area (Å²) in [6.45, 7) is 2.36. The molecule has 8 aromatic carbocycles. The number of aromatic nitrogens is 4. The smallest absolute Gasteiger partial charge is 0.167 e. The highest BCUT2D eigenvalue weighted by Crippen LogP contribution is 2.45. The minimum Gasteiger partial charge on any atom is -0.455 e. The summed E-state index contributed by atoms with van der Waals surface area (Å²) in [5.41, 5.74) is 10.7. The highest BCUT2D eigenvalue weighted by molar-refractivity contribution is 7.25. The van der Waals surface area contributed by atoms with Crippen LogP contribution in [0.1, 0.15) is 18.1 Å². The molecular weight excluding hydrogens is 753 g/mol. The number of thiophene rings is 1. The molecule has 0 saturated carbocycles. The number of hydrogen-bond acceptors (Lipinski definition) is 5. The van der Waals surface area contributed by atoms with E-state index >= 15 is 0 Å². The topological polar surface area (TPSA) is 56.7 Å². The van der Waals surface area contributed by atoms with Crippen LogP contribution in [-0.2, 0) is 6.42 Å². The van der Waals surface area contributed by atoms with Gasteiger partial charge in [-0.15, -0.1) is 11.3 Å². The van der Waals surface area contributed by atoms with E-state index in [4.69, 9.17) is 19.4 Å². The third-order valence-electron chi connectivity index (χ3n) is 12.5. The molecule has 12 aromatic rings. The summed E-state index contributed by atoms with van der Waals surface area (Å²) in [5.74, 6) is 2.09. The Labute approximate surface area is 348 Å². The summed E-state index contributed by atoms with van der Waals surface area (Å²) < 4.78 is 11.9. The standard InChI is InChI=1S/C54H34N4OS/c1-31-26-41-35(30-45(31)58-44-20-9-7-16-37(44)42-27-33-14-5-6-15-34(33)29-46(42)58)22-24-47-50(41)39-18-11-19-40(51(39)59-47)54-56-52(32-12-3-2-4-13-32)55-53(57-54)36-23-25-49-43(28-36)38-17-8-10-21-48(38)60-49/h2-25,27-31H,26H2,1H3. The molecule has 1 aliphatic carbocycles. The summed E-state index contributed by atoms with van der Waals surface area (Å²) >= 11 is 1.81. The van der Waals surface area contributed by atoms with Gasteiger partial charge in [-0.25, -0.2) is 15.0 Å². The van der Waals surface area contributed by atoms with Crippen LogP contribution in [0.2, 0.25) is 0 Å². The highest BCUT2D eigenvalue weighted by Gasteiger charge is 2.27. The highest BCUT2D eigenvalue weighted by atomic mass is 32.1. The Morgan fingerprint density at radius 2 is 1.27 bits per heavy atom. The van der Waals surface area contributed by atoms with Crippen molar-refractivity contribution in [3.8, 4) is 34.2 Å². The van der Waals surface area contributed by atoms with Crippen LogP contribution in [-0.4, -0.2) is 19.5 Å². The largest absolute Gasteiger partial charge is 0.455 e. The maximum atomic E-state index is 6.86. The molecule has 0 amide bonds. The number of hydrogen-bond donors (Lipinski definition) is 0. The quantitative estimate of drug-likeness (QED) is 0.178. The van der Waals surface area contributed by atoms with Crippen molar-refractivity contribution in [3.05, 3.63) is 175 Å². The van der Waals surface area contributed by atoms with Crippen LogP contribution in [0, 0.1) is 5.92 Å². The Balaban J connectivity index is 0.986. The van der Waals surface area contributed by atoms with Gasteiger partial charge < -0.3 is 8.98 Å². The number of para-hydroxylation sites is 2. The van der Waals surface area contributed by atoms with Crippen LogP contribution < -0.4 is 0 Å². The van der Waals surface area contributed by atoms with E-state index < -0.39 is 0 Å². The normalized spacial score (nSPS) is 14.3. The molecule has 6 heteroatoms. The molecule has 0 fully saturated rings. The summed E-state index contributed by atoms with van der Waals surface area (Å²) in [4.78, 5) is 15.4. The lowest BCUT2D eigenvalue weighted by molar-refractivity contribution is 0.667. The lowest BCUT2D eigenvalue weighted by Crippen LogP contribution is -2.14. The SMILES string of the molecule is CC1Cc2c(ccc3oc4c(-c5nc(-c6ccccc6)nc(-c6ccc7sc8ccccc8c7c6)n5)cccc4c23)C=C1n1c2ccccc2c2cc3ccccc3cc21. The molecule has 1 unspecified atom stereocenters. The number of nitrogens with zero attached hydrogens (tertiary/aromatic N) is 4. The summed E-state index contributed by atoms with van der Waals surface area (Å²) in [6.07, 6.45) is 3.29. The maximum Gasteiger partial charge on any atom is 0.167 e. The second-order valence-corrected chi connectivity index (χ2v) is 17.1. The van der Waals surface area contributed by atoms with Crippen molar-refractivity contribution < 1.29 is 4.42 Å². The van der Waals surface area contributed by atoms with Crippen LogP contribution in [0.4, 0.5) is 0 Å². The lowest BCUT2D eigenvalue weighted by Gasteiger charge is -2.26. The van der Waals surface area contributed by atoms with Gasteiger partial charge >= 0.3 is 0 Å². The maximum absolute atomic E-state index is 6.86. The Morgan fingerprint density at radius 3 is 2.15 bits per heavy atom. The fourth-order valence-corrected chi connectivity index (χ4v) is 10.7. The number of furan rings is 1. The van der Waals surface area contributed by atoms with Crippen LogP contribution in [0.15, 0.2) is 168 Å². The van der Waals surface area contributed by atoms with E-state index in [2.05, 4.69) is 163 Å². The number of fused-ring (bicyclic) bond motifs is 12. The second-order valence-electron chi connectivity index (χ2n) is 16.0. The molecule has 60 heavy (non-hydrogen) atoms. The molecule has 1 atom stereocenters. The van der Waals surface area contributed by atoms with E-state index in [0.29, 0.717) is 17.5 Å². The average molecular weight is 787 g/mol. The zero-order valence-corrected chi connectivity index (χ0v) is 33.4. The first-order valence-electron chi connectivity index (χ1n) is 20.5.